The molecule has 0 unspecified atom stereocenters. The Bertz CT molecular complexity index is 993. The van der Waals surface area contributed by atoms with Gasteiger partial charge in [0.25, 0.3) is 5.91 Å². The molecule has 5 nitrogen and oxygen atoms in total. The zero-order chi connectivity index (χ0) is 23.3. The van der Waals surface area contributed by atoms with Gasteiger partial charge in [0, 0.05) is 22.0 Å². The molecule has 1 aromatic carbocycles. The Labute approximate surface area is 179 Å². The van der Waals surface area contributed by atoms with Crippen LogP contribution >= 0.6 is 11.6 Å². The average Bonchev–Trinajstić information content (AvgIpc) is 2.67. The van der Waals surface area contributed by atoms with Gasteiger partial charge in [0.2, 0.25) is 0 Å². The van der Waals surface area contributed by atoms with E-state index in [0.717, 1.165) is 6.07 Å². The number of rotatable bonds is 6. The molecule has 168 valence electrons. The lowest BCUT2D eigenvalue weighted by Crippen LogP contribution is -2.27. The first kappa shape index (κ1) is 24.3. The second-order valence-electron chi connectivity index (χ2n) is 6.59. The van der Waals surface area contributed by atoms with Crippen molar-refractivity contribution in [2.24, 2.45) is 11.5 Å². The minimum Gasteiger partial charge on any atom is -0.483 e. The molecule has 0 radical (unpaired) electrons. The molecule has 0 aromatic heterocycles. The maximum absolute atomic E-state index is 14.6. The van der Waals surface area contributed by atoms with Gasteiger partial charge in [0.1, 0.15) is 17.4 Å². The second kappa shape index (κ2) is 9.86. The predicted molar refractivity (Wildman–Crippen MR) is 107 cm³/mol. The summed E-state index contributed by atoms with van der Waals surface area (Å²) in [4.78, 5) is 12.6. The van der Waals surface area contributed by atoms with Gasteiger partial charge >= 0.3 is 6.18 Å². The molecule has 11 heteroatoms. The quantitative estimate of drug-likeness (QED) is 0.419. The molecule has 31 heavy (non-hydrogen) atoms. The number of ether oxygens (including phenoxy) is 1. The van der Waals surface area contributed by atoms with Crippen LogP contribution in [0.1, 0.15) is 35.7 Å². The van der Waals surface area contributed by atoms with Crippen molar-refractivity contribution in [1.29, 1.82) is 0 Å². The highest BCUT2D eigenvalue weighted by molar-refractivity contribution is 6.30. The summed E-state index contributed by atoms with van der Waals surface area (Å²) in [5.41, 5.74) is 10.2. The maximum atomic E-state index is 14.6. The summed E-state index contributed by atoms with van der Waals surface area (Å²) in [6, 6.07) is 1.50. The van der Waals surface area contributed by atoms with Gasteiger partial charge < -0.3 is 21.5 Å². The molecule has 1 aliphatic carbocycles. The fourth-order valence-corrected chi connectivity index (χ4v) is 2.78. The third-order valence-corrected chi connectivity index (χ3v) is 4.36. The van der Waals surface area contributed by atoms with E-state index in [1.807, 2.05) is 0 Å². The normalized spacial score (nSPS) is 15.6. The monoisotopic (exact) mass is 463 g/mol. The number of halogens is 6. The first-order valence-electron chi connectivity index (χ1n) is 8.88. The van der Waals surface area contributed by atoms with E-state index in [1.165, 1.54) is 18.2 Å². The number of alkyl halides is 3. The van der Waals surface area contributed by atoms with Crippen molar-refractivity contribution in [2.75, 3.05) is 6.61 Å². The Kier molecular flexibility index (Phi) is 7.72. The number of nitrogens with two attached hydrogens (primary N) is 2. The van der Waals surface area contributed by atoms with E-state index in [4.69, 9.17) is 27.8 Å². The molecule has 5 N–H and O–H groups in total. The van der Waals surface area contributed by atoms with Gasteiger partial charge in [-0.3, -0.25) is 4.79 Å². The van der Waals surface area contributed by atoms with Crippen LogP contribution in [-0.4, -0.2) is 18.7 Å². The number of hydrogen-bond acceptors (Lipinski definition) is 4. The third kappa shape index (κ3) is 6.74. The summed E-state index contributed by atoms with van der Waals surface area (Å²) < 4.78 is 71.3. The van der Waals surface area contributed by atoms with Crippen LogP contribution in [0, 0.1) is 5.82 Å². The molecule has 1 amide bonds. The number of benzene rings is 1. The van der Waals surface area contributed by atoms with E-state index >= 15 is 0 Å². The summed E-state index contributed by atoms with van der Waals surface area (Å²) in [6.45, 7) is -0.203. The molecule has 0 atom stereocenters. The Morgan fingerprint density at radius 1 is 1.23 bits per heavy atom. The van der Waals surface area contributed by atoms with E-state index in [2.05, 4.69) is 5.32 Å². The van der Waals surface area contributed by atoms with Crippen molar-refractivity contribution in [2.45, 2.75) is 25.9 Å². The molecule has 0 saturated heterocycles. The van der Waals surface area contributed by atoms with Crippen LogP contribution in [0.5, 0.6) is 5.75 Å². The minimum atomic E-state index is -4.73. The van der Waals surface area contributed by atoms with Gasteiger partial charge in [0.05, 0.1) is 11.3 Å². The summed E-state index contributed by atoms with van der Waals surface area (Å²) in [5, 5.41) is 2.17. The predicted octanol–water partition coefficient (Wildman–Crippen LogP) is 4.76. The molecule has 0 fully saturated rings. The summed E-state index contributed by atoms with van der Waals surface area (Å²) in [5.74, 6) is -3.54. The van der Waals surface area contributed by atoms with E-state index in [-0.39, 0.29) is 28.4 Å². The second-order valence-corrected chi connectivity index (χ2v) is 7.05. The topological polar surface area (TPSA) is 90.4 Å². The van der Waals surface area contributed by atoms with Crippen molar-refractivity contribution < 1.29 is 31.5 Å². The van der Waals surface area contributed by atoms with E-state index in [0.29, 0.717) is 18.2 Å². The average molecular weight is 464 g/mol. The zero-order valence-corrected chi connectivity index (χ0v) is 17.0. The zero-order valence-electron chi connectivity index (χ0n) is 16.2. The van der Waals surface area contributed by atoms with Crippen molar-refractivity contribution in [3.05, 3.63) is 69.6 Å². The molecule has 0 bridgehead atoms. The number of amides is 1. The molecule has 0 heterocycles. The molecule has 1 aromatic rings. The molecule has 0 saturated carbocycles. The van der Waals surface area contributed by atoms with Crippen LogP contribution in [0.2, 0.25) is 0 Å². The fourth-order valence-electron chi connectivity index (χ4n) is 2.53. The summed E-state index contributed by atoms with van der Waals surface area (Å²) >= 11 is 5.92. The van der Waals surface area contributed by atoms with Crippen molar-refractivity contribution in [3.8, 4) is 5.75 Å². The Morgan fingerprint density at radius 2 is 1.90 bits per heavy atom. The van der Waals surface area contributed by atoms with Crippen LogP contribution in [-0.2, 0) is 0 Å². The number of nitrogens with one attached hydrogen (secondary N) is 1. The fraction of sp³-hybridized carbons (Fsp3) is 0.250. The number of carbonyl (C=O) groups is 1. The van der Waals surface area contributed by atoms with Gasteiger partial charge in [-0.25, -0.2) is 8.78 Å². The molecule has 0 aliphatic heterocycles. The number of allylic oxidation sites excluding steroid dienone is 6. The minimum absolute atomic E-state index is 0.0133. The largest absolute Gasteiger partial charge is 0.483 e. The molecule has 0 spiro atoms. The lowest BCUT2D eigenvalue weighted by Gasteiger charge is -2.18. The van der Waals surface area contributed by atoms with Gasteiger partial charge in [0.15, 0.2) is 6.61 Å². The Hall–Kier alpha value is -3.01. The van der Waals surface area contributed by atoms with Crippen LogP contribution in [0.3, 0.4) is 0 Å². The molecule has 2 rings (SSSR count). The number of carbonyl (C=O) groups excluding carboxylic acids is 1. The molecule has 1 aliphatic rings. The SMILES string of the molecule is C/C(N)=C/C=C(\N)c1cc(OCC(F)(F)F)c(C(=O)NC2=C(Cl)CCC=C2F)cc1F. The lowest BCUT2D eigenvalue weighted by molar-refractivity contribution is -0.153. The Morgan fingerprint density at radius 3 is 2.48 bits per heavy atom. The van der Waals surface area contributed by atoms with E-state index in [9.17, 15) is 26.7 Å². The molecular weight excluding hydrogens is 445 g/mol. The highest BCUT2D eigenvalue weighted by Gasteiger charge is 2.30. The summed E-state index contributed by atoms with van der Waals surface area (Å²) in [6.07, 6.45) is -0.371. The summed E-state index contributed by atoms with van der Waals surface area (Å²) in [7, 11) is 0. The van der Waals surface area contributed by atoms with E-state index in [1.54, 1.807) is 6.92 Å². The van der Waals surface area contributed by atoms with Gasteiger partial charge in [-0.15, -0.1) is 0 Å². The van der Waals surface area contributed by atoms with Crippen LogP contribution in [0.15, 0.2) is 52.6 Å². The van der Waals surface area contributed by atoms with Crippen molar-refractivity contribution in [3.63, 3.8) is 0 Å². The highest BCUT2D eigenvalue weighted by Crippen LogP contribution is 2.31. The van der Waals surface area contributed by atoms with Crippen LogP contribution in [0.4, 0.5) is 22.0 Å². The standard InChI is InChI=1S/C20H19ClF5N3O2/c1-10(27)5-6-16(28)11-8-17(31-9-20(24,25)26)12(7-15(11)23)19(30)29-18-13(21)3-2-4-14(18)22/h4-8H,2-3,9,27-28H2,1H3,(H,29,30)/b10-5-,16-6-. The third-order valence-electron chi connectivity index (χ3n) is 3.98. The van der Waals surface area contributed by atoms with Gasteiger partial charge in [-0.1, -0.05) is 11.6 Å². The van der Waals surface area contributed by atoms with Crippen molar-refractivity contribution >= 4 is 23.2 Å². The first-order chi connectivity index (χ1) is 14.4. The lowest BCUT2D eigenvalue weighted by atomic mass is 10.0. The Balaban J connectivity index is 2.48. The van der Waals surface area contributed by atoms with Crippen LogP contribution in [0.25, 0.3) is 5.70 Å². The smallest absolute Gasteiger partial charge is 0.422 e. The molecular formula is C20H19ClF5N3O2. The van der Waals surface area contributed by atoms with Gasteiger partial charge in [-0.05, 0) is 50.1 Å². The van der Waals surface area contributed by atoms with Crippen molar-refractivity contribution in [1.82, 2.24) is 5.32 Å². The number of hydrogen-bond donors (Lipinski definition) is 3. The first-order valence-corrected chi connectivity index (χ1v) is 9.26. The van der Waals surface area contributed by atoms with Crippen LogP contribution < -0.4 is 21.5 Å². The van der Waals surface area contributed by atoms with Gasteiger partial charge in [-0.2, -0.15) is 13.2 Å². The maximum Gasteiger partial charge on any atom is 0.422 e. The van der Waals surface area contributed by atoms with E-state index < -0.39 is 41.6 Å². The highest BCUT2D eigenvalue weighted by atomic mass is 35.5.